The molecule has 0 saturated carbocycles. The topological polar surface area (TPSA) is 77.1 Å². The minimum atomic E-state index is -0.381. The number of rotatable bonds is 3. The van der Waals surface area contributed by atoms with Crippen LogP contribution in [-0.4, -0.2) is 19.8 Å². The minimum Gasteiger partial charge on any atom is -0.258 e. The number of nitro groups is 1. The molecule has 0 saturated heterocycles. The summed E-state index contributed by atoms with van der Waals surface area (Å²) in [4.78, 5) is 10.4. The molecule has 4 rings (SSSR count). The van der Waals surface area contributed by atoms with Gasteiger partial charge in [-0.15, -0.1) is 10.2 Å². The van der Waals surface area contributed by atoms with Crippen LogP contribution in [0.5, 0.6) is 0 Å². The molecule has 2 aliphatic heterocycles. The van der Waals surface area contributed by atoms with Crippen molar-refractivity contribution in [3.8, 4) is 0 Å². The van der Waals surface area contributed by atoms with Gasteiger partial charge in [-0.3, -0.25) is 15.1 Å². The Morgan fingerprint density at radius 1 is 1.32 bits per heavy atom. The zero-order valence-corrected chi connectivity index (χ0v) is 13.2. The molecule has 1 unspecified atom stereocenters. The minimum absolute atomic E-state index is 0.0471. The van der Waals surface area contributed by atoms with Crippen LogP contribution in [-0.2, 0) is 6.42 Å². The largest absolute Gasteiger partial charge is 0.269 e. The normalized spacial score (nSPS) is 19.0. The molecule has 2 aliphatic rings. The summed E-state index contributed by atoms with van der Waals surface area (Å²) in [5.74, 6) is 0.917. The van der Waals surface area contributed by atoms with Crippen molar-refractivity contribution in [1.82, 2.24) is 14.9 Å². The van der Waals surface area contributed by atoms with E-state index in [4.69, 9.17) is 0 Å². The molecule has 3 heterocycles. The lowest BCUT2D eigenvalue weighted by molar-refractivity contribution is -0.384. The van der Waals surface area contributed by atoms with Gasteiger partial charge in [0.05, 0.1) is 4.92 Å². The first kappa shape index (κ1) is 13.6. The summed E-state index contributed by atoms with van der Waals surface area (Å²) in [5, 5.41) is 25.5. The van der Waals surface area contributed by atoms with Crippen molar-refractivity contribution in [3.05, 3.63) is 56.2 Å². The molecule has 1 atom stereocenters. The number of aromatic nitrogens is 3. The summed E-state index contributed by atoms with van der Waals surface area (Å²) in [7, 11) is 0. The molecule has 0 bridgehead atoms. The van der Waals surface area contributed by atoms with Crippen molar-refractivity contribution in [1.29, 1.82) is 0 Å². The maximum Gasteiger partial charge on any atom is 0.269 e. The molecule has 7 nitrogen and oxygen atoms in total. The Balaban J connectivity index is 1.71. The molecule has 0 fully saturated rings. The number of hydrogen-bond acceptors (Lipinski definition) is 7. The summed E-state index contributed by atoms with van der Waals surface area (Å²) >= 11 is 3.28. The predicted molar refractivity (Wildman–Crippen MR) is 85.0 cm³/mol. The molecule has 22 heavy (non-hydrogen) atoms. The number of fused-ring (bicyclic) bond motifs is 3. The quantitative estimate of drug-likeness (QED) is 0.631. The third kappa shape index (κ3) is 1.92. The average Bonchev–Trinajstić information content (AvgIpc) is 3.17. The van der Waals surface area contributed by atoms with Gasteiger partial charge in [0.15, 0.2) is 5.82 Å². The van der Waals surface area contributed by atoms with Gasteiger partial charge in [0, 0.05) is 24.0 Å². The van der Waals surface area contributed by atoms with Crippen LogP contribution in [0.15, 0.2) is 39.9 Å². The van der Waals surface area contributed by atoms with Crippen LogP contribution >= 0.6 is 23.5 Å². The van der Waals surface area contributed by atoms with Gasteiger partial charge in [0.25, 0.3) is 5.69 Å². The van der Waals surface area contributed by atoms with Crippen LogP contribution in [0.1, 0.15) is 23.7 Å². The fourth-order valence-corrected chi connectivity index (χ4v) is 4.74. The number of nitrogens with zero attached hydrogens (tertiary/aromatic N) is 5. The second-order valence-corrected chi connectivity index (χ2v) is 6.75. The highest BCUT2D eigenvalue weighted by molar-refractivity contribution is 8.07. The lowest BCUT2D eigenvalue weighted by Gasteiger charge is -2.25. The van der Waals surface area contributed by atoms with E-state index in [2.05, 4.69) is 20.6 Å². The molecule has 0 radical (unpaired) electrons. The summed E-state index contributed by atoms with van der Waals surface area (Å²) < 4.78 is 2.04. The monoisotopic (exact) mass is 333 g/mol. The van der Waals surface area contributed by atoms with Gasteiger partial charge in [-0.2, -0.15) is 0 Å². The average molecular weight is 333 g/mol. The van der Waals surface area contributed by atoms with Gasteiger partial charge >= 0.3 is 0 Å². The number of aryl methyl sites for hydroxylation is 1. The molecule has 0 N–H and O–H groups in total. The van der Waals surface area contributed by atoms with Crippen LogP contribution in [0.25, 0.3) is 0 Å². The van der Waals surface area contributed by atoms with Crippen LogP contribution in [0.3, 0.4) is 0 Å². The lowest BCUT2D eigenvalue weighted by Crippen LogP contribution is -2.30. The highest BCUT2D eigenvalue weighted by Gasteiger charge is 2.39. The van der Waals surface area contributed by atoms with E-state index in [1.165, 1.54) is 0 Å². The fourth-order valence-electron chi connectivity index (χ4n) is 2.49. The Hall–Kier alpha value is -2.00. The SMILES string of the molecule is CCc1nnc2n1N1C(=CSC1c1ccc([N+](=O)[O-])cc1)S2. The van der Waals surface area contributed by atoms with E-state index in [0.717, 1.165) is 28.0 Å². The Bertz CT molecular complexity index is 786. The molecule has 0 amide bonds. The Labute approximate surface area is 134 Å². The van der Waals surface area contributed by atoms with E-state index in [-0.39, 0.29) is 16.0 Å². The number of nitro benzene ring substituents is 1. The fraction of sp³-hybridized carbons (Fsp3) is 0.231. The van der Waals surface area contributed by atoms with Gasteiger partial charge in [0.2, 0.25) is 5.16 Å². The van der Waals surface area contributed by atoms with Gasteiger partial charge in [-0.1, -0.05) is 18.7 Å². The van der Waals surface area contributed by atoms with Gasteiger partial charge in [-0.25, -0.2) is 4.68 Å². The summed E-state index contributed by atoms with van der Waals surface area (Å²) in [6.07, 6.45) is 0.801. The second-order valence-electron chi connectivity index (χ2n) is 4.80. The van der Waals surface area contributed by atoms with Crippen molar-refractivity contribution in [2.45, 2.75) is 23.9 Å². The third-order valence-corrected chi connectivity index (χ3v) is 5.73. The lowest BCUT2D eigenvalue weighted by atomic mass is 10.2. The van der Waals surface area contributed by atoms with E-state index in [9.17, 15) is 10.1 Å². The first-order chi connectivity index (χ1) is 10.7. The molecular formula is C13H11N5O2S2. The Morgan fingerprint density at radius 3 is 2.77 bits per heavy atom. The maximum absolute atomic E-state index is 10.8. The molecule has 1 aromatic carbocycles. The highest BCUT2D eigenvalue weighted by atomic mass is 32.2. The van der Waals surface area contributed by atoms with Crippen LogP contribution in [0.4, 0.5) is 5.69 Å². The number of hydrogen-bond donors (Lipinski definition) is 0. The molecule has 1 aromatic heterocycles. The predicted octanol–water partition coefficient (Wildman–Crippen LogP) is 3.04. The first-order valence-corrected chi connectivity index (χ1v) is 8.46. The van der Waals surface area contributed by atoms with Gasteiger partial charge in [-0.05, 0) is 29.5 Å². The zero-order chi connectivity index (χ0) is 15.3. The molecule has 2 aromatic rings. The summed E-state index contributed by atoms with van der Waals surface area (Å²) in [5.41, 5.74) is 1.13. The van der Waals surface area contributed by atoms with Crippen molar-refractivity contribution < 1.29 is 4.92 Å². The van der Waals surface area contributed by atoms with Gasteiger partial charge < -0.3 is 0 Å². The zero-order valence-electron chi connectivity index (χ0n) is 11.5. The number of benzene rings is 1. The molecule has 112 valence electrons. The maximum atomic E-state index is 10.8. The van der Waals surface area contributed by atoms with Gasteiger partial charge in [0.1, 0.15) is 10.4 Å². The van der Waals surface area contributed by atoms with E-state index in [0.29, 0.717) is 0 Å². The Morgan fingerprint density at radius 2 is 2.09 bits per heavy atom. The Kier molecular flexibility index (Phi) is 3.12. The number of non-ortho nitro benzene ring substituents is 1. The third-order valence-electron chi connectivity index (χ3n) is 3.54. The van der Waals surface area contributed by atoms with E-state index < -0.39 is 0 Å². The van der Waals surface area contributed by atoms with Crippen LogP contribution in [0.2, 0.25) is 0 Å². The highest BCUT2D eigenvalue weighted by Crippen LogP contribution is 2.51. The molecule has 0 spiro atoms. The van der Waals surface area contributed by atoms with Crippen molar-refractivity contribution in [2.24, 2.45) is 0 Å². The smallest absolute Gasteiger partial charge is 0.258 e. The van der Waals surface area contributed by atoms with Crippen LogP contribution in [0, 0.1) is 10.1 Å². The van der Waals surface area contributed by atoms with Crippen LogP contribution < -0.4 is 5.01 Å². The molecule has 9 heteroatoms. The number of thioether (sulfide) groups is 2. The summed E-state index contributed by atoms with van der Waals surface area (Å²) in [6.45, 7) is 2.05. The van der Waals surface area contributed by atoms with Crippen molar-refractivity contribution in [2.75, 3.05) is 5.01 Å². The molecular weight excluding hydrogens is 322 g/mol. The summed E-state index contributed by atoms with van der Waals surface area (Å²) in [6, 6.07) is 6.71. The van der Waals surface area contributed by atoms with E-state index in [1.54, 1.807) is 35.7 Å². The standard InChI is InChI=1S/C13H11N5O2S2/c1-2-10-14-15-13-16(10)17-11(22-13)7-21-12(17)8-3-5-9(6-4-8)18(19)20/h3-7,12H,2H2,1H3. The van der Waals surface area contributed by atoms with E-state index >= 15 is 0 Å². The second kappa shape index (κ2) is 5.03. The van der Waals surface area contributed by atoms with Crippen molar-refractivity contribution >= 4 is 29.2 Å². The van der Waals surface area contributed by atoms with E-state index in [1.807, 2.05) is 23.7 Å². The molecule has 0 aliphatic carbocycles. The first-order valence-electron chi connectivity index (χ1n) is 6.70. The van der Waals surface area contributed by atoms with Crippen molar-refractivity contribution in [3.63, 3.8) is 0 Å².